The van der Waals surface area contributed by atoms with Gasteiger partial charge in [-0.15, -0.1) is 0 Å². The first-order valence-corrected chi connectivity index (χ1v) is 11.1. The zero-order valence-corrected chi connectivity index (χ0v) is 19.1. The molecule has 0 fully saturated rings. The van der Waals surface area contributed by atoms with Crippen molar-refractivity contribution >= 4 is 46.4 Å². The lowest BCUT2D eigenvalue weighted by Gasteiger charge is -2.13. The van der Waals surface area contributed by atoms with Crippen molar-refractivity contribution in [2.45, 2.75) is 6.42 Å². The maximum Gasteiger partial charge on any atom is 0.229 e. The fourth-order valence-electron chi connectivity index (χ4n) is 3.58. The quantitative estimate of drug-likeness (QED) is 0.251. The molecule has 0 saturated carbocycles. The van der Waals surface area contributed by atoms with Gasteiger partial charge in [0.25, 0.3) is 0 Å². The molecule has 35 heavy (non-hydrogen) atoms. The van der Waals surface area contributed by atoms with Crippen molar-refractivity contribution in [1.29, 1.82) is 0 Å². The van der Waals surface area contributed by atoms with E-state index in [2.05, 4.69) is 35.6 Å². The van der Waals surface area contributed by atoms with Gasteiger partial charge in [-0.2, -0.15) is 4.98 Å². The molecule has 0 bridgehead atoms. The van der Waals surface area contributed by atoms with Crippen molar-refractivity contribution < 1.29 is 9.18 Å². The molecule has 2 aromatic carbocycles. The minimum atomic E-state index is -0.510. The molecule has 0 radical (unpaired) electrons. The van der Waals surface area contributed by atoms with Gasteiger partial charge in [-0.05, 0) is 36.4 Å². The highest BCUT2D eigenvalue weighted by Crippen LogP contribution is 2.28. The molecular formula is C25H19ClFN7O. The average molecular weight is 488 g/mol. The number of hydrogen-bond acceptors (Lipinski definition) is 7. The Kier molecular flexibility index (Phi) is 6.32. The highest BCUT2D eigenvalue weighted by molar-refractivity contribution is 6.31. The third-order valence-electron chi connectivity index (χ3n) is 5.26. The second-order valence-electron chi connectivity index (χ2n) is 7.71. The normalized spacial score (nSPS) is 10.9. The number of para-hydroxylation sites is 2. The van der Waals surface area contributed by atoms with Crippen LogP contribution in [0, 0.1) is 5.82 Å². The molecule has 3 heterocycles. The first-order chi connectivity index (χ1) is 17.1. The van der Waals surface area contributed by atoms with Crippen molar-refractivity contribution in [1.82, 2.24) is 24.9 Å². The largest absolute Gasteiger partial charge is 0.369 e. The summed E-state index contributed by atoms with van der Waals surface area (Å²) in [7, 11) is 0. The minimum Gasteiger partial charge on any atom is -0.369 e. The maximum absolute atomic E-state index is 13.5. The topological polar surface area (TPSA) is 108 Å². The van der Waals surface area contributed by atoms with Gasteiger partial charge in [0.1, 0.15) is 17.5 Å². The molecule has 0 aliphatic heterocycles. The second-order valence-corrected chi connectivity index (χ2v) is 8.12. The average Bonchev–Trinajstić information content (AvgIpc) is 3.29. The van der Waals surface area contributed by atoms with Gasteiger partial charge in [-0.1, -0.05) is 23.7 Å². The Morgan fingerprint density at radius 3 is 2.77 bits per heavy atom. The number of hydrogen-bond donors (Lipinski definition) is 3. The van der Waals surface area contributed by atoms with Crippen LogP contribution in [0.3, 0.4) is 0 Å². The molecule has 5 aromatic rings. The van der Waals surface area contributed by atoms with Crippen molar-refractivity contribution in [3.05, 3.63) is 89.3 Å². The van der Waals surface area contributed by atoms with Crippen molar-refractivity contribution in [2.24, 2.45) is 0 Å². The van der Waals surface area contributed by atoms with Gasteiger partial charge in [0.2, 0.25) is 5.95 Å². The molecule has 3 N–H and O–H groups in total. The van der Waals surface area contributed by atoms with Crippen LogP contribution in [0.2, 0.25) is 5.02 Å². The molecule has 0 spiro atoms. The number of aldehydes is 1. The van der Waals surface area contributed by atoms with E-state index in [4.69, 9.17) is 11.6 Å². The summed E-state index contributed by atoms with van der Waals surface area (Å²) in [5.41, 5.74) is 4.24. The van der Waals surface area contributed by atoms with Crippen LogP contribution in [-0.2, 0) is 6.42 Å². The molecule has 0 aliphatic carbocycles. The van der Waals surface area contributed by atoms with Crippen molar-refractivity contribution in [3.8, 4) is 11.1 Å². The molecule has 5 rings (SSSR count). The van der Waals surface area contributed by atoms with E-state index >= 15 is 0 Å². The summed E-state index contributed by atoms with van der Waals surface area (Å²) in [5, 5.41) is 6.36. The summed E-state index contributed by atoms with van der Waals surface area (Å²) in [4.78, 5) is 32.3. The molecule has 174 valence electrons. The Bertz CT molecular complexity index is 1490. The first-order valence-electron chi connectivity index (χ1n) is 10.8. The molecule has 3 aromatic heterocycles. The summed E-state index contributed by atoms with van der Waals surface area (Å²) in [5.74, 6) is 1.17. The zero-order chi connectivity index (χ0) is 24.2. The van der Waals surface area contributed by atoms with Gasteiger partial charge >= 0.3 is 0 Å². The summed E-state index contributed by atoms with van der Waals surface area (Å²) < 4.78 is 13.5. The molecule has 0 atom stereocenters. The van der Waals surface area contributed by atoms with Crippen molar-refractivity contribution in [2.75, 3.05) is 17.2 Å². The van der Waals surface area contributed by atoms with Crippen LogP contribution in [0.15, 0.2) is 67.1 Å². The van der Waals surface area contributed by atoms with Gasteiger partial charge in [-0.3, -0.25) is 9.78 Å². The number of anilines is 3. The van der Waals surface area contributed by atoms with Crippen LogP contribution in [0.25, 0.3) is 22.2 Å². The number of carbonyl (C=O) groups excluding carboxylic acids is 1. The van der Waals surface area contributed by atoms with E-state index in [9.17, 15) is 9.18 Å². The monoisotopic (exact) mass is 487 g/mol. The van der Waals surface area contributed by atoms with Crippen LogP contribution in [0.5, 0.6) is 0 Å². The molecule has 0 saturated heterocycles. The Balaban J connectivity index is 1.41. The van der Waals surface area contributed by atoms with E-state index in [1.54, 1.807) is 24.5 Å². The number of pyridine rings is 1. The second kappa shape index (κ2) is 9.86. The Hall–Kier alpha value is -4.37. The molecule has 0 aliphatic rings. The Labute approximate surface area is 204 Å². The van der Waals surface area contributed by atoms with Gasteiger partial charge in [-0.25, -0.2) is 14.4 Å². The van der Waals surface area contributed by atoms with Crippen molar-refractivity contribution in [3.63, 3.8) is 0 Å². The summed E-state index contributed by atoms with van der Waals surface area (Å²) in [6, 6.07) is 13.8. The Morgan fingerprint density at radius 1 is 1.06 bits per heavy atom. The van der Waals surface area contributed by atoms with Crippen LogP contribution in [0.1, 0.15) is 16.2 Å². The number of carbonyl (C=O) groups is 1. The highest BCUT2D eigenvalue weighted by Gasteiger charge is 2.12. The van der Waals surface area contributed by atoms with E-state index in [0.717, 1.165) is 23.1 Å². The number of benzene rings is 2. The predicted octanol–water partition coefficient (Wildman–Crippen LogP) is 5.42. The van der Waals surface area contributed by atoms with Gasteiger partial charge in [0, 0.05) is 53.9 Å². The number of fused-ring (bicyclic) bond motifs is 1. The van der Waals surface area contributed by atoms with E-state index in [0.29, 0.717) is 47.1 Å². The molecule has 8 nitrogen and oxygen atoms in total. The summed E-state index contributed by atoms with van der Waals surface area (Å²) in [6.07, 6.45) is 6.13. The number of nitrogens with zero attached hydrogens (tertiary/aromatic N) is 4. The maximum atomic E-state index is 13.5. The standard InChI is InChI=1S/C25H19ClFN7O/c26-19-10-17(5-6-20(19)27)31-25-30-13-18(16-9-15(14-35)11-28-12-16)24(34-25)29-8-7-23-32-21-3-1-2-4-22(21)33-23/h1-6,9-14H,7-8H2,(H,32,33)(H2,29,30,31,34). The first kappa shape index (κ1) is 22.4. The molecular weight excluding hydrogens is 469 g/mol. The lowest BCUT2D eigenvalue weighted by atomic mass is 10.1. The third-order valence-corrected chi connectivity index (χ3v) is 5.55. The van der Waals surface area contributed by atoms with E-state index in [1.165, 1.54) is 18.3 Å². The van der Waals surface area contributed by atoms with Crippen LogP contribution >= 0.6 is 11.6 Å². The minimum absolute atomic E-state index is 0.00689. The Morgan fingerprint density at radius 2 is 1.94 bits per heavy atom. The number of aromatic nitrogens is 5. The fourth-order valence-corrected chi connectivity index (χ4v) is 3.76. The van der Waals surface area contributed by atoms with Crippen LogP contribution in [0.4, 0.5) is 21.8 Å². The number of halogens is 2. The van der Waals surface area contributed by atoms with E-state index in [1.807, 2.05) is 24.3 Å². The lowest BCUT2D eigenvalue weighted by molar-refractivity contribution is 0.112. The molecule has 10 heteroatoms. The van der Waals surface area contributed by atoms with Gasteiger partial charge < -0.3 is 15.6 Å². The number of rotatable bonds is 8. The number of H-pyrrole nitrogens is 1. The fraction of sp³-hybridized carbons (Fsp3) is 0.0800. The van der Waals surface area contributed by atoms with E-state index < -0.39 is 5.82 Å². The van der Waals surface area contributed by atoms with Crippen LogP contribution < -0.4 is 10.6 Å². The third kappa shape index (κ3) is 5.10. The molecule has 0 unspecified atom stereocenters. The SMILES string of the molecule is O=Cc1cncc(-c2cnc(Nc3ccc(F)c(Cl)c3)nc2NCCc2nc3ccccc3[nH]2)c1. The number of imidazole rings is 1. The summed E-state index contributed by atoms with van der Waals surface area (Å²) >= 11 is 5.89. The lowest BCUT2D eigenvalue weighted by Crippen LogP contribution is -2.10. The zero-order valence-electron chi connectivity index (χ0n) is 18.3. The number of aromatic amines is 1. The smallest absolute Gasteiger partial charge is 0.229 e. The van der Waals surface area contributed by atoms with Crippen LogP contribution in [-0.4, -0.2) is 37.8 Å². The van der Waals surface area contributed by atoms with Gasteiger partial charge in [0.05, 0.1) is 16.1 Å². The highest BCUT2D eigenvalue weighted by atomic mass is 35.5. The number of nitrogens with one attached hydrogen (secondary N) is 3. The molecule has 0 amide bonds. The van der Waals surface area contributed by atoms with E-state index in [-0.39, 0.29) is 5.02 Å². The predicted molar refractivity (Wildman–Crippen MR) is 134 cm³/mol. The summed E-state index contributed by atoms with van der Waals surface area (Å²) in [6.45, 7) is 0.534. The van der Waals surface area contributed by atoms with Gasteiger partial charge in [0.15, 0.2) is 6.29 Å².